The number of nitrogens with one attached hydrogen (secondary N) is 1. The highest BCUT2D eigenvalue weighted by Crippen LogP contribution is 2.25. The van der Waals surface area contributed by atoms with Crippen molar-refractivity contribution in [2.75, 3.05) is 5.32 Å². The van der Waals surface area contributed by atoms with E-state index in [0.29, 0.717) is 11.2 Å². The number of fused-ring (bicyclic) bond motifs is 1. The number of hydrogen-bond acceptors (Lipinski definition) is 3. The van der Waals surface area contributed by atoms with Crippen LogP contribution in [0.3, 0.4) is 0 Å². The van der Waals surface area contributed by atoms with E-state index in [9.17, 15) is 18.0 Å². The highest BCUT2D eigenvalue weighted by atomic mass is 19.4. The monoisotopic (exact) mass is 332 g/mol. The standard InChI is InChI=1S/C17H11F3N2O2/c18-17(19,20)24-13-7-1-5-12(10-13)16(23)22-14-8-2-4-11-6-3-9-21-15(11)14/h1-10H,(H,22,23). The molecule has 0 unspecified atom stereocenters. The van der Waals surface area contributed by atoms with Crippen LogP contribution in [0.1, 0.15) is 10.4 Å². The third kappa shape index (κ3) is 3.62. The quantitative estimate of drug-likeness (QED) is 0.774. The molecule has 0 saturated heterocycles. The zero-order valence-electron chi connectivity index (χ0n) is 12.2. The van der Waals surface area contributed by atoms with Crippen LogP contribution in [-0.2, 0) is 0 Å². The number of amides is 1. The summed E-state index contributed by atoms with van der Waals surface area (Å²) in [7, 11) is 0. The Hall–Kier alpha value is -3.09. The molecule has 0 radical (unpaired) electrons. The molecule has 1 amide bonds. The van der Waals surface area contributed by atoms with Gasteiger partial charge in [-0.2, -0.15) is 0 Å². The number of ether oxygens (including phenoxy) is 1. The van der Waals surface area contributed by atoms with Gasteiger partial charge in [0.1, 0.15) is 5.75 Å². The van der Waals surface area contributed by atoms with Crippen LogP contribution in [0.5, 0.6) is 5.75 Å². The van der Waals surface area contributed by atoms with E-state index in [4.69, 9.17) is 0 Å². The largest absolute Gasteiger partial charge is 0.573 e. The van der Waals surface area contributed by atoms with Crippen molar-refractivity contribution in [1.82, 2.24) is 4.98 Å². The highest BCUT2D eigenvalue weighted by molar-refractivity contribution is 6.08. The summed E-state index contributed by atoms with van der Waals surface area (Å²) >= 11 is 0. The molecule has 2 aromatic carbocycles. The summed E-state index contributed by atoms with van der Waals surface area (Å²) < 4.78 is 40.6. The van der Waals surface area contributed by atoms with Crippen LogP contribution >= 0.6 is 0 Å². The molecule has 3 aromatic rings. The van der Waals surface area contributed by atoms with Crippen LogP contribution in [-0.4, -0.2) is 17.3 Å². The Morgan fingerprint density at radius 3 is 2.58 bits per heavy atom. The van der Waals surface area contributed by atoms with Crippen molar-refractivity contribution in [2.45, 2.75) is 6.36 Å². The number of pyridine rings is 1. The fourth-order valence-corrected chi connectivity index (χ4v) is 2.23. The summed E-state index contributed by atoms with van der Waals surface area (Å²) in [4.78, 5) is 16.5. The van der Waals surface area contributed by atoms with E-state index in [-0.39, 0.29) is 5.56 Å². The lowest BCUT2D eigenvalue weighted by Crippen LogP contribution is -2.18. The lowest BCUT2D eigenvalue weighted by molar-refractivity contribution is -0.274. The molecule has 1 N–H and O–H groups in total. The molecule has 0 aliphatic heterocycles. The second-order valence-electron chi connectivity index (χ2n) is 4.91. The number of halogens is 3. The fraction of sp³-hybridized carbons (Fsp3) is 0.0588. The summed E-state index contributed by atoms with van der Waals surface area (Å²) in [6.45, 7) is 0. The van der Waals surface area contributed by atoms with Gasteiger partial charge in [-0.1, -0.05) is 24.3 Å². The van der Waals surface area contributed by atoms with Crippen LogP contribution in [0.4, 0.5) is 18.9 Å². The zero-order chi connectivity index (χ0) is 17.2. The van der Waals surface area contributed by atoms with Crippen molar-refractivity contribution in [2.24, 2.45) is 0 Å². The molecule has 7 heteroatoms. The predicted molar refractivity (Wildman–Crippen MR) is 82.8 cm³/mol. The van der Waals surface area contributed by atoms with Gasteiger partial charge in [0.05, 0.1) is 11.2 Å². The van der Waals surface area contributed by atoms with Gasteiger partial charge in [-0.05, 0) is 30.3 Å². The third-order valence-corrected chi connectivity index (χ3v) is 3.21. The SMILES string of the molecule is O=C(Nc1cccc2cccnc12)c1cccc(OC(F)(F)F)c1. The number of nitrogens with zero attached hydrogens (tertiary/aromatic N) is 1. The van der Waals surface area contributed by atoms with Crippen LogP contribution in [0.15, 0.2) is 60.8 Å². The number of carbonyl (C=O) groups excluding carboxylic acids is 1. The molecule has 0 aliphatic rings. The Bertz CT molecular complexity index is 889. The minimum Gasteiger partial charge on any atom is -0.406 e. The van der Waals surface area contributed by atoms with Crippen LogP contribution in [0.25, 0.3) is 10.9 Å². The van der Waals surface area contributed by atoms with E-state index in [1.165, 1.54) is 12.1 Å². The number of aromatic nitrogens is 1. The fourth-order valence-electron chi connectivity index (χ4n) is 2.23. The van der Waals surface area contributed by atoms with E-state index < -0.39 is 18.0 Å². The average molecular weight is 332 g/mol. The topological polar surface area (TPSA) is 51.2 Å². The molecule has 0 bridgehead atoms. The smallest absolute Gasteiger partial charge is 0.406 e. The third-order valence-electron chi connectivity index (χ3n) is 3.21. The average Bonchev–Trinajstić information content (AvgIpc) is 2.54. The normalized spacial score (nSPS) is 11.3. The van der Waals surface area contributed by atoms with Crippen LogP contribution in [0.2, 0.25) is 0 Å². The molecule has 0 saturated carbocycles. The number of alkyl halides is 3. The van der Waals surface area contributed by atoms with E-state index in [1.807, 2.05) is 12.1 Å². The maximum absolute atomic E-state index is 12.3. The molecule has 0 fully saturated rings. The van der Waals surface area contributed by atoms with Gasteiger partial charge in [-0.25, -0.2) is 0 Å². The van der Waals surface area contributed by atoms with E-state index in [0.717, 1.165) is 17.5 Å². The molecular formula is C17H11F3N2O2. The maximum atomic E-state index is 12.3. The summed E-state index contributed by atoms with van der Waals surface area (Å²) in [5, 5.41) is 3.49. The lowest BCUT2D eigenvalue weighted by atomic mass is 10.1. The Morgan fingerprint density at radius 1 is 1.04 bits per heavy atom. The first-order valence-corrected chi connectivity index (χ1v) is 6.93. The van der Waals surface area contributed by atoms with Gasteiger partial charge in [-0.15, -0.1) is 13.2 Å². The molecule has 1 heterocycles. The van der Waals surface area contributed by atoms with Crippen molar-refractivity contribution in [3.05, 3.63) is 66.4 Å². The molecule has 0 spiro atoms. The van der Waals surface area contributed by atoms with E-state index in [2.05, 4.69) is 15.0 Å². The Morgan fingerprint density at radius 2 is 1.79 bits per heavy atom. The van der Waals surface area contributed by atoms with Gasteiger partial charge < -0.3 is 10.1 Å². The molecule has 0 aliphatic carbocycles. The summed E-state index contributed by atoms with van der Waals surface area (Å²) in [6.07, 6.45) is -3.22. The molecule has 4 nitrogen and oxygen atoms in total. The number of rotatable bonds is 3. The highest BCUT2D eigenvalue weighted by Gasteiger charge is 2.31. The number of hydrogen-bond donors (Lipinski definition) is 1. The molecule has 1 aromatic heterocycles. The second-order valence-corrected chi connectivity index (χ2v) is 4.91. The number of benzene rings is 2. The maximum Gasteiger partial charge on any atom is 0.573 e. The lowest BCUT2D eigenvalue weighted by Gasteiger charge is -2.11. The van der Waals surface area contributed by atoms with Crippen molar-refractivity contribution in [3.8, 4) is 5.75 Å². The summed E-state index contributed by atoms with van der Waals surface area (Å²) in [5.41, 5.74) is 1.11. The van der Waals surface area contributed by atoms with E-state index in [1.54, 1.807) is 24.4 Å². The summed E-state index contributed by atoms with van der Waals surface area (Å²) in [6, 6.07) is 13.8. The van der Waals surface area contributed by atoms with Gasteiger partial charge in [0, 0.05) is 17.1 Å². The minimum atomic E-state index is -4.81. The van der Waals surface area contributed by atoms with Gasteiger partial charge in [-0.3, -0.25) is 9.78 Å². The molecule has 3 rings (SSSR count). The zero-order valence-corrected chi connectivity index (χ0v) is 12.2. The Balaban J connectivity index is 1.86. The van der Waals surface area contributed by atoms with Gasteiger partial charge in [0.15, 0.2) is 0 Å². The Labute approximate surface area is 134 Å². The van der Waals surface area contributed by atoms with Crippen molar-refractivity contribution in [3.63, 3.8) is 0 Å². The number of anilines is 1. The van der Waals surface area contributed by atoms with Crippen LogP contribution < -0.4 is 10.1 Å². The molecule has 122 valence electrons. The second kappa shape index (κ2) is 6.19. The van der Waals surface area contributed by atoms with E-state index >= 15 is 0 Å². The minimum absolute atomic E-state index is 0.0460. The molecule has 0 atom stereocenters. The van der Waals surface area contributed by atoms with Crippen molar-refractivity contribution >= 4 is 22.5 Å². The molecular weight excluding hydrogens is 321 g/mol. The van der Waals surface area contributed by atoms with Gasteiger partial charge in [0.2, 0.25) is 0 Å². The van der Waals surface area contributed by atoms with Crippen molar-refractivity contribution < 1.29 is 22.7 Å². The summed E-state index contributed by atoms with van der Waals surface area (Å²) in [5.74, 6) is -1.01. The van der Waals surface area contributed by atoms with Gasteiger partial charge >= 0.3 is 6.36 Å². The first-order chi connectivity index (χ1) is 11.4. The number of para-hydroxylation sites is 1. The van der Waals surface area contributed by atoms with Gasteiger partial charge in [0.25, 0.3) is 5.91 Å². The van der Waals surface area contributed by atoms with Crippen molar-refractivity contribution in [1.29, 1.82) is 0 Å². The number of carbonyl (C=O) groups is 1. The predicted octanol–water partition coefficient (Wildman–Crippen LogP) is 4.39. The molecule has 24 heavy (non-hydrogen) atoms. The van der Waals surface area contributed by atoms with Crippen LogP contribution in [0, 0.1) is 0 Å². The Kier molecular flexibility index (Phi) is 4.07. The first-order valence-electron chi connectivity index (χ1n) is 6.93. The first kappa shape index (κ1) is 15.8.